The molecule has 0 aliphatic heterocycles. The van der Waals surface area contributed by atoms with Crippen LogP contribution in [-0.4, -0.2) is 12.1 Å². The number of hydrogen-bond acceptors (Lipinski definition) is 2. The first kappa shape index (κ1) is 18.2. The second-order valence-electron chi connectivity index (χ2n) is 6.23. The minimum absolute atomic E-state index is 0. The van der Waals surface area contributed by atoms with E-state index in [-0.39, 0.29) is 17.0 Å². The maximum atomic E-state index is 3.76. The van der Waals surface area contributed by atoms with E-state index in [1.54, 1.807) is 0 Å². The molecular formula is C20H27BrN2. The average molecular weight is 375 g/mol. The van der Waals surface area contributed by atoms with Gasteiger partial charge in [-0.3, -0.25) is 0 Å². The molecule has 0 radical (unpaired) electrons. The molecule has 2 nitrogen and oxygen atoms in total. The van der Waals surface area contributed by atoms with Gasteiger partial charge >= 0.3 is 0 Å². The number of benzene rings is 2. The highest BCUT2D eigenvalue weighted by atomic mass is 79.9. The van der Waals surface area contributed by atoms with E-state index in [1.807, 2.05) is 0 Å². The van der Waals surface area contributed by atoms with E-state index in [4.69, 9.17) is 0 Å². The van der Waals surface area contributed by atoms with Gasteiger partial charge in [0.2, 0.25) is 0 Å². The van der Waals surface area contributed by atoms with E-state index in [2.05, 4.69) is 71.3 Å². The lowest BCUT2D eigenvalue weighted by Crippen LogP contribution is -2.49. The van der Waals surface area contributed by atoms with Gasteiger partial charge in [0, 0.05) is 25.2 Å². The Morgan fingerprint density at radius 2 is 1.04 bits per heavy atom. The Bertz CT molecular complexity index is 493. The van der Waals surface area contributed by atoms with Crippen molar-refractivity contribution >= 4 is 17.0 Å². The zero-order chi connectivity index (χ0) is 15.0. The maximum Gasteiger partial charge on any atom is 0.0224 e. The molecule has 0 saturated heterocycles. The molecule has 3 rings (SSSR count). The summed E-state index contributed by atoms with van der Waals surface area (Å²) < 4.78 is 0. The summed E-state index contributed by atoms with van der Waals surface area (Å²) in [6.45, 7) is 1.93. The summed E-state index contributed by atoms with van der Waals surface area (Å²) in [6.07, 6.45) is 5.24. The smallest absolute Gasteiger partial charge is 0.0224 e. The van der Waals surface area contributed by atoms with Gasteiger partial charge in [0.25, 0.3) is 0 Å². The van der Waals surface area contributed by atoms with Gasteiger partial charge in [-0.05, 0) is 24.0 Å². The van der Waals surface area contributed by atoms with Crippen molar-refractivity contribution in [1.29, 1.82) is 0 Å². The lowest BCUT2D eigenvalue weighted by atomic mass is 9.90. The monoisotopic (exact) mass is 374 g/mol. The summed E-state index contributed by atoms with van der Waals surface area (Å²) in [5.41, 5.74) is 2.74. The Hall–Kier alpha value is -1.16. The van der Waals surface area contributed by atoms with Crippen LogP contribution in [0, 0.1) is 0 Å². The summed E-state index contributed by atoms with van der Waals surface area (Å²) in [5, 5.41) is 7.52. The fraction of sp³-hybridized carbons (Fsp3) is 0.400. The van der Waals surface area contributed by atoms with Crippen LogP contribution >= 0.6 is 17.0 Å². The van der Waals surface area contributed by atoms with Gasteiger partial charge in [0.05, 0.1) is 0 Å². The van der Waals surface area contributed by atoms with Crippen molar-refractivity contribution in [2.45, 2.75) is 50.9 Å². The molecule has 0 amide bonds. The SMILES string of the molecule is Br.c1ccc(CN[C@@H]2CCCC[C@H]2NCc2ccccc2)cc1. The van der Waals surface area contributed by atoms with E-state index >= 15 is 0 Å². The molecule has 1 saturated carbocycles. The second-order valence-corrected chi connectivity index (χ2v) is 6.23. The summed E-state index contributed by atoms with van der Waals surface area (Å²) in [5.74, 6) is 0. The second kappa shape index (κ2) is 9.86. The van der Waals surface area contributed by atoms with E-state index in [9.17, 15) is 0 Å². The lowest BCUT2D eigenvalue weighted by Gasteiger charge is -2.33. The van der Waals surface area contributed by atoms with Crippen LogP contribution in [0.15, 0.2) is 60.7 Å². The van der Waals surface area contributed by atoms with Gasteiger partial charge in [-0.1, -0.05) is 73.5 Å². The van der Waals surface area contributed by atoms with Crippen LogP contribution in [0.1, 0.15) is 36.8 Å². The van der Waals surface area contributed by atoms with Crippen LogP contribution in [0.3, 0.4) is 0 Å². The van der Waals surface area contributed by atoms with Crippen LogP contribution in [0.25, 0.3) is 0 Å². The number of halogens is 1. The highest BCUT2D eigenvalue weighted by Gasteiger charge is 2.23. The molecule has 2 aromatic rings. The fourth-order valence-corrected chi connectivity index (χ4v) is 3.31. The first-order valence-corrected chi connectivity index (χ1v) is 8.46. The van der Waals surface area contributed by atoms with Crippen molar-refractivity contribution in [2.75, 3.05) is 0 Å². The summed E-state index contributed by atoms with van der Waals surface area (Å²) in [4.78, 5) is 0. The molecule has 3 heteroatoms. The van der Waals surface area contributed by atoms with Crippen LogP contribution in [-0.2, 0) is 13.1 Å². The first-order chi connectivity index (χ1) is 10.9. The maximum absolute atomic E-state index is 3.76. The van der Waals surface area contributed by atoms with E-state index < -0.39 is 0 Å². The Kier molecular flexibility index (Phi) is 7.80. The van der Waals surface area contributed by atoms with Crippen LogP contribution in [0.5, 0.6) is 0 Å². The highest BCUT2D eigenvalue weighted by Crippen LogP contribution is 2.19. The Balaban J connectivity index is 0.00000192. The van der Waals surface area contributed by atoms with Gasteiger partial charge < -0.3 is 10.6 Å². The number of nitrogens with one attached hydrogen (secondary N) is 2. The molecule has 0 bridgehead atoms. The standard InChI is InChI=1S/C20H26N2.BrH/c1-3-9-17(10-4-1)15-21-19-13-7-8-14-20(19)22-16-18-11-5-2-6-12-18;/h1-6,9-12,19-22H,7-8,13-16H2;1H/t19-,20-;/m1./s1. The van der Waals surface area contributed by atoms with Crippen molar-refractivity contribution in [3.8, 4) is 0 Å². The van der Waals surface area contributed by atoms with Gasteiger partial charge in [-0.2, -0.15) is 0 Å². The minimum atomic E-state index is 0. The third-order valence-corrected chi connectivity index (χ3v) is 4.59. The first-order valence-electron chi connectivity index (χ1n) is 8.46. The molecule has 2 N–H and O–H groups in total. The normalized spacial score (nSPS) is 20.7. The van der Waals surface area contributed by atoms with Gasteiger partial charge in [-0.15, -0.1) is 17.0 Å². The summed E-state index contributed by atoms with van der Waals surface area (Å²) >= 11 is 0. The predicted molar refractivity (Wildman–Crippen MR) is 103 cm³/mol. The Morgan fingerprint density at radius 3 is 1.43 bits per heavy atom. The molecule has 2 atom stereocenters. The quantitative estimate of drug-likeness (QED) is 0.779. The minimum Gasteiger partial charge on any atom is -0.308 e. The Morgan fingerprint density at radius 1 is 0.652 bits per heavy atom. The highest BCUT2D eigenvalue weighted by molar-refractivity contribution is 8.93. The Labute approximate surface area is 150 Å². The van der Waals surface area contributed by atoms with Crippen molar-refractivity contribution in [3.63, 3.8) is 0 Å². The zero-order valence-electron chi connectivity index (χ0n) is 13.6. The van der Waals surface area contributed by atoms with Crippen LogP contribution in [0.4, 0.5) is 0 Å². The number of hydrogen-bond donors (Lipinski definition) is 2. The van der Waals surface area contributed by atoms with E-state index in [0.29, 0.717) is 12.1 Å². The number of rotatable bonds is 6. The van der Waals surface area contributed by atoms with Crippen LogP contribution in [0.2, 0.25) is 0 Å². The molecule has 23 heavy (non-hydrogen) atoms. The van der Waals surface area contributed by atoms with Crippen LogP contribution < -0.4 is 10.6 Å². The molecule has 124 valence electrons. The van der Waals surface area contributed by atoms with Crippen molar-refractivity contribution in [1.82, 2.24) is 10.6 Å². The topological polar surface area (TPSA) is 24.1 Å². The van der Waals surface area contributed by atoms with Gasteiger partial charge in [0.15, 0.2) is 0 Å². The molecule has 0 aromatic heterocycles. The molecule has 0 unspecified atom stereocenters. The largest absolute Gasteiger partial charge is 0.308 e. The van der Waals surface area contributed by atoms with E-state index in [1.165, 1.54) is 36.8 Å². The molecule has 1 fully saturated rings. The van der Waals surface area contributed by atoms with Crippen molar-refractivity contribution in [2.24, 2.45) is 0 Å². The molecular weight excluding hydrogens is 348 g/mol. The summed E-state index contributed by atoms with van der Waals surface area (Å²) in [7, 11) is 0. The molecule has 1 aliphatic rings. The summed E-state index contributed by atoms with van der Waals surface area (Å²) in [6, 6.07) is 22.6. The molecule has 0 heterocycles. The van der Waals surface area contributed by atoms with Gasteiger partial charge in [0.1, 0.15) is 0 Å². The van der Waals surface area contributed by atoms with Crippen molar-refractivity contribution < 1.29 is 0 Å². The average Bonchev–Trinajstić information content (AvgIpc) is 2.61. The molecule has 0 spiro atoms. The van der Waals surface area contributed by atoms with Crippen molar-refractivity contribution in [3.05, 3.63) is 71.8 Å². The van der Waals surface area contributed by atoms with E-state index in [0.717, 1.165) is 13.1 Å². The lowest BCUT2D eigenvalue weighted by molar-refractivity contribution is 0.281. The molecule has 1 aliphatic carbocycles. The third-order valence-electron chi connectivity index (χ3n) is 4.59. The zero-order valence-corrected chi connectivity index (χ0v) is 15.3. The fourth-order valence-electron chi connectivity index (χ4n) is 3.31. The predicted octanol–water partition coefficient (Wildman–Crippen LogP) is 4.46. The molecule has 2 aromatic carbocycles. The third kappa shape index (κ3) is 5.76. The van der Waals surface area contributed by atoms with Gasteiger partial charge in [-0.25, -0.2) is 0 Å².